The minimum absolute atomic E-state index is 0.117. The Hall–Kier alpha value is -1.41. The number of halogens is 1. The zero-order chi connectivity index (χ0) is 19.8. The molecule has 3 aliphatic heterocycles. The van der Waals surface area contributed by atoms with Crippen LogP contribution < -0.4 is 5.32 Å². The number of nitrogens with one attached hydrogen (secondary N) is 1. The minimum Gasteiger partial charge on any atom is -0.480 e. The largest absolute Gasteiger partial charge is 0.480 e. The highest BCUT2D eigenvalue weighted by atomic mass is 79.9. The standard InChI is InChI=1S/C14H18BrN3O8S/c1-24-17-9(14(5-15)25-2-3-26-14)10(20)16-7-11(21)18-8(13(22)23)6(19)4-27-12(7)18/h6-8,12,19H,2-5H2,1H3,(H,16,20)(H,22,23)/t6?,7?,8?,12-/m1/s1. The number of nitrogens with zero attached hydrogens (tertiary/aromatic N) is 2. The number of thioether (sulfide) groups is 1. The molecular formula is C14H18BrN3O8S. The zero-order valence-electron chi connectivity index (χ0n) is 14.2. The van der Waals surface area contributed by atoms with Crippen LogP contribution in [0.2, 0.25) is 0 Å². The van der Waals surface area contributed by atoms with Crippen LogP contribution in [0.4, 0.5) is 0 Å². The van der Waals surface area contributed by atoms with Gasteiger partial charge < -0.3 is 34.7 Å². The van der Waals surface area contributed by atoms with Crippen LogP contribution in [-0.2, 0) is 28.7 Å². The Morgan fingerprint density at radius 1 is 1.48 bits per heavy atom. The highest BCUT2D eigenvalue weighted by Crippen LogP contribution is 2.38. The number of carbonyl (C=O) groups is 3. The Balaban J connectivity index is 1.75. The minimum atomic E-state index is -1.44. The lowest BCUT2D eigenvalue weighted by molar-refractivity contribution is -0.167. The second-order valence-corrected chi connectivity index (χ2v) is 7.69. The molecule has 3 aliphatic rings. The van der Waals surface area contributed by atoms with Gasteiger partial charge in [0.05, 0.1) is 24.6 Å². The maximum Gasteiger partial charge on any atom is 0.329 e. The molecule has 0 saturated carbocycles. The van der Waals surface area contributed by atoms with Crippen molar-refractivity contribution in [1.82, 2.24) is 10.2 Å². The number of amides is 2. The quantitative estimate of drug-likeness (QED) is 0.180. The number of carboxylic acid groups (broad SMARTS) is 1. The number of aliphatic hydroxyl groups excluding tert-OH is 1. The number of ether oxygens (including phenoxy) is 2. The molecule has 13 heteroatoms. The summed E-state index contributed by atoms with van der Waals surface area (Å²) in [5.41, 5.74) is -0.193. The molecule has 150 valence electrons. The molecule has 0 aromatic carbocycles. The Kier molecular flexibility index (Phi) is 5.96. The first-order valence-corrected chi connectivity index (χ1v) is 10.1. The van der Waals surface area contributed by atoms with Crippen molar-refractivity contribution in [2.24, 2.45) is 5.16 Å². The molecule has 4 atom stereocenters. The smallest absolute Gasteiger partial charge is 0.329 e. The SMILES string of the molecule is CON=C(C(=O)NC1C(=O)N2C(C(=O)O)C(O)CS[C@H]12)C1(CBr)OCCO1. The fourth-order valence-electron chi connectivity index (χ4n) is 3.17. The molecular weight excluding hydrogens is 450 g/mol. The lowest BCUT2D eigenvalue weighted by Gasteiger charge is -2.53. The fourth-order valence-corrected chi connectivity index (χ4v) is 5.10. The van der Waals surface area contributed by atoms with Crippen LogP contribution in [0.25, 0.3) is 0 Å². The van der Waals surface area contributed by atoms with E-state index in [0.717, 1.165) is 4.90 Å². The van der Waals surface area contributed by atoms with Crippen molar-refractivity contribution in [1.29, 1.82) is 0 Å². The molecule has 3 unspecified atom stereocenters. The first kappa shape index (κ1) is 20.3. The van der Waals surface area contributed by atoms with Crippen LogP contribution in [0.15, 0.2) is 5.16 Å². The van der Waals surface area contributed by atoms with E-state index < -0.39 is 47.1 Å². The molecule has 3 saturated heterocycles. The predicted molar refractivity (Wildman–Crippen MR) is 95.3 cm³/mol. The van der Waals surface area contributed by atoms with Crippen molar-refractivity contribution < 1.29 is 38.9 Å². The molecule has 0 aliphatic carbocycles. The van der Waals surface area contributed by atoms with Crippen LogP contribution >= 0.6 is 27.7 Å². The van der Waals surface area contributed by atoms with Gasteiger partial charge in [-0.2, -0.15) is 0 Å². The zero-order valence-corrected chi connectivity index (χ0v) is 16.6. The molecule has 0 aromatic heterocycles. The second-order valence-electron chi connectivity index (χ2n) is 5.98. The van der Waals surface area contributed by atoms with Crippen molar-refractivity contribution in [3.05, 3.63) is 0 Å². The van der Waals surface area contributed by atoms with Crippen LogP contribution in [0.1, 0.15) is 0 Å². The van der Waals surface area contributed by atoms with Crippen LogP contribution in [0.3, 0.4) is 0 Å². The molecule has 2 amide bonds. The van der Waals surface area contributed by atoms with E-state index in [1.165, 1.54) is 18.9 Å². The highest BCUT2D eigenvalue weighted by molar-refractivity contribution is 9.09. The summed E-state index contributed by atoms with van der Waals surface area (Å²) in [5.74, 6) is -3.92. The van der Waals surface area contributed by atoms with E-state index in [0.29, 0.717) is 0 Å². The molecule has 3 rings (SSSR count). The number of oxime groups is 1. The van der Waals surface area contributed by atoms with Gasteiger partial charge in [0.2, 0.25) is 17.4 Å². The number of rotatable bonds is 6. The highest BCUT2D eigenvalue weighted by Gasteiger charge is 2.58. The van der Waals surface area contributed by atoms with Crippen molar-refractivity contribution in [3.63, 3.8) is 0 Å². The monoisotopic (exact) mass is 467 g/mol. The molecule has 0 aromatic rings. The number of hydrogen-bond donors (Lipinski definition) is 3. The topological polar surface area (TPSA) is 147 Å². The van der Waals surface area contributed by atoms with Gasteiger partial charge in [0.15, 0.2) is 6.04 Å². The van der Waals surface area contributed by atoms with Gasteiger partial charge in [-0.05, 0) is 0 Å². The molecule has 0 spiro atoms. The van der Waals surface area contributed by atoms with E-state index in [1.54, 1.807) is 0 Å². The van der Waals surface area contributed by atoms with Gasteiger partial charge in [0.1, 0.15) is 18.5 Å². The molecule has 0 radical (unpaired) electrons. The van der Waals surface area contributed by atoms with Crippen molar-refractivity contribution >= 4 is 51.2 Å². The van der Waals surface area contributed by atoms with Gasteiger partial charge in [-0.15, -0.1) is 11.8 Å². The summed E-state index contributed by atoms with van der Waals surface area (Å²) < 4.78 is 11.0. The van der Waals surface area contributed by atoms with E-state index in [4.69, 9.17) is 14.3 Å². The third-order valence-electron chi connectivity index (χ3n) is 4.41. The summed E-state index contributed by atoms with van der Waals surface area (Å²) in [5, 5.41) is 24.9. The number of β-lactam (4-membered cyclic amide) rings is 1. The third kappa shape index (κ3) is 3.42. The van der Waals surface area contributed by atoms with Gasteiger partial charge in [0.25, 0.3) is 5.91 Å². The Bertz CT molecular complexity index is 671. The molecule has 3 heterocycles. The summed E-state index contributed by atoms with van der Waals surface area (Å²) in [6.07, 6.45) is -1.17. The average Bonchev–Trinajstić information content (AvgIpc) is 3.13. The normalized spacial score (nSPS) is 32.5. The number of carboxylic acids is 1. The van der Waals surface area contributed by atoms with Gasteiger partial charge in [-0.25, -0.2) is 4.79 Å². The fraction of sp³-hybridized carbons (Fsp3) is 0.714. The lowest BCUT2D eigenvalue weighted by Crippen LogP contribution is -2.77. The molecule has 11 nitrogen and oxygen atoms in total. The molecule has 3 N–H and O–H groups in total. The van der Waals surface area contributed by atoms with Gasteiger partial charge >= 0.3 is 5.97 Å². The summed E-state index contributed by atoms with van der Waals surface area (Å²) in [4.78, 5) is 42.3. The van der Waals surface area contributed by atoms with E-state index in [2.05, 4.69) is 26.4 Å². The first-order chi connectivity index (χ1) is 12.9. The predicted octanol–water partition coefficient (Wildman–Crippen LogP) is -1.66. The van der Waals surface area contributed by atoms with Gasteiger partial charge in [-0.1, -0.05) is 21.1 Å². The van der Waals surface area contributed by atoms with Gasteiger partial charge in [-0.3, -0.25) is 9.59 Å². The molecule has 3 fully saturated rings. The summed E-state index contributed by atoms with van der Waals surface area (Å²) in [7, 11) is 1.26. The average molecular weight is 468 g/mol. The number of hydrogen-bond acceptors (Lipinski definition) is 9. The maximum absolute atomic E-state index is 12.7. The number of carbonyl (C=O) groups excluding carboxylic acids is 2. The summed E-state index contributed by atoms with van der Waals surface area (Å²) in [6, 6.07) is -2.29. The number of fused-ring (bicyclic) bond motifs is 1. The van der Waals surface area contributed by atoms with E-state index in [9.17, 15) is 24.6 Å². The Morgan fingerprint density at radius 2 is 2.15 bits per heavy atom. The van der Waals surface area contributed by atoms with Crippen LogP contribution in [0, 0.1) is 0 Å². The van der Waals surface area contributed by atoms with Crippen molar-refractivity contribution in [3.8, 4) is 0 Å². The third-order valence-corrected chi connectivity index (χ3v) is 6.52. The summed E-state index contributed by atoms with van der Waals surface area (Å²) in [6.45, 7) is 0.517. The lowest BCUT2D eigenvalue weighted by atomic mass is 9.99. The molecule has 0 bridgehead atoms. The first-order valence-electron chi connectivity index (χ1n) is 7.97. The number of alkyl halides is 1. The maximum atomic E-state index is 12.7. The summed E-state index contributed by atoms with van der Waals surface area (Å²) >= 11 is 4.42. The van der Waals surface area contributed by atoms with Gasteiger partial charge in [0, 0.05) is 5.75 Å². The van der Waals surface area contributed by atoms with E-state index in [1.807, 2.05) is 0 Å². The van der Waals surface area contributed by atoms with Crippen molar-refractivity contribution in [2.75, 3.05) is 31.4 Å². The number of aliphatic hydroxyl groups is 1. The van der Waals surface area contributed by atoms with E-state index in [-0.39, 0.29) is 30.0 Å². The van der Waals surface area contributed by atoms with Crippen LogP contribution in [-0.4, -0.2) is 99.4 Å². The van der Waals surface area contributed by atoms with E-state index >= 15 is 0 Å². The number of aliphatic carboxylic acids is 1. The Morgan fingerprint density at radius 3 is 2.70 bits per heavy atom. The van der Waals surface area contributed by atoms with Crippen molar-refractivity contribution in [2.45, 2.75) is 29.3 Å². The second kappa shape index (κ2) is 7.91. The van der Waals surface area contributed by atoms with Crippen LogP contribution in [0.5, 0.6) is 0 Å². The Labute approximate surface area is 166 Å². The molecule has 27 heavy (non-hydrogen) atoms.